The van der Waals surface area contributed by atoms with Gasteiger partial charge in [0.25, 0.3) is 0 Å². The molecule has 1 aromatic carbocycles. The molecule has 3 aromatic rings. The van der Waals surface area contributed by atoms with Gasteiger partial charge in [0.1, 0.15) is 11.9 Å². The van der Waals surface area contributed by atoms with Gasteiger partial charge in [0.05, 0.1) is 17.8 Å². The van der Waals surface area contributed by atoms with Gasteiger partial charge in [-0.25, -0.2) is 18.9 Å². The quantitative estimate of drug-likeness (QED) is 0.397. The number of amidine groups is 1. The summed E-state index contributed by atoms with van der Waals surface area (Å²) in [6.45, 7) is -1.43. The number of urea groups is 1. The summed E-state index contributed by atoms with van der Waals surface area (Å²) in [6, 6.07) is 4.24. The molecule has 5 heterocycles. The van der Waals surface area contributed by atoms with E-state index in [-0.39, 0.29) is 40.7 Å². The topological polar surface area (TPSA) is 98.9 Å². The average molecular weight is 632 g/mol. The number of piperidine rings is 1. The van der Waals surface area contributed by atoms with Crippen molar-refractivity contribution in [3.63, 3.8) is 0 Å². The van der Waals surface area contributed by atoms with Gasteiger partial charge in [0.15, 0.2) is 10.8 Å². The first-order valence-electron chi connectivity index (χ1n) is 14.3. The van der Waals surface area contributed by atoms with E-state index >= 15 is 0 Å². The highest BCUT2D eigenvalue weighted by Crippen LogP contribution is 2.46. The van der Waals surface area contributed by atoms with Crippen molar-refractivity contribution in [3.8, 4) is 0 Å². The van der Waals surface area contributed by atoms with Crippen LogP contribution in [0.2, 0.25) is 5.02 Å². The number of thiazole rings is 1. The lowest BCUT2D eigenvalue weighted by atomic mass is 9.75. The predicted octanol–water partition coefficient (Wildman–Crippen LogP) is 5.32. The van der Waals surface area contributed by atoms with Crippen LogP contribution in [0.25, 0.3) is 5.57 Å². The Labute approximate surface area is 254 Å². The number of carbonyl (C=O) groups excluding carboxylic acids is 1. The Morgan fingerprint density at radius 1 is 1.16 bits per heavy atom. The smallest absolute Gasteiger partial charge is 0.333 e. The number of hydrogen-bond acceptors (Lipinski definition) is 7. The molecule has 2 amide bonds. The van der Waals surface area contributed by atoms with Crippen LogP contribution in [0.3, 0.4) is 0 Å². The number of amides is 2. The lowest BCUT2D eigenvalue weighted by Gasteiger charge is -2.45. The summed E-state index contributed by atoms with van der Waals surface area (Å²) in [6.07, 6.45) is 5.76. The molecule has 43 heavy (non-hydrogen) atoms. The van der Waals surface area contributed by atoms with Crippen molar-refractivity contribution in [1.82, 2.24) is 29.9 Å². The van der Waals surface area contributed by atoms with E-state index in [0.29, 0.717) is 52.7 Å². The summed E-state index contributed by atoms with van der Waals surface area (Å²) in [4.78, 5) is 26.8. The summed E-state index contributed by atoms with van der Waals surface area (Å²) in [5.41, 5.74) is 2.09. The highest BCUT2D eigenvalue weighted by atomic mass is 35.5. The molecule has 7 rings (SSSR count). The SMILES string of the molecule is O=C(N[C@H]1CC2=C(c3ccn(C(F)F)n3)[C@H](c3ccc(F)cc3Cl)N=C(c3nccs3)N2C1)N1C[C@H]2CCC[C@@H](C1)C2O. The predicted molar refractivity (Wildman–Crippen MR) is 155 cm³/mol. The second kappa shape index (κ2) is 11.3. The largest absolute Gasteiger partial charge is 0.392 e. The maximum atomic E-state index is 14.1. The Balaban J connectivity index is 1.26. The number of carbonyl (C=O) groups is 1. The number of nitrogens with one attached hydrogen (secondary N) is 1. The number of likely N-dealkylation sites (tertiary alicyclic amines) is 1. The van der Waals surface area contributed by atoms with Crippen LogP contribution in [0.5, 0.6) is 0 Å². The van der Waals surface area contributed by atoms with E-state index in [0.717, 1.165) is 25.0 Å². The fourth-order valence-corrected chi connectivity index (χ4v) is 7.80. The molecule has 2 N–H and O–H groups in total. The Morgan fingerprint density at radius 3 is 2.63 bits per heavy atom. The zero-order valence-corrected chi connectivity index (χ0v) is 24.5. The summed E-state index contributed by atoms with van der Waals surface area (Å²) in [5.74, 6) is 0.207. The zero-order chi connectivity index (χ0) is 29.8. The van der Waals surface area contributed by atoms with E-state index in [9.17, 15) is 23.1 Å². The number of hydrogen-bond donors (Lipinski definition) is 2. The standard InChI is InChI=1S/C29H29ClF3N7O2S/c30-20-10-17(31)4-5-19(20)24-23(21-6-8-40(37-21)28(32)33)22-11-18(14-39(22)26(36-24)27-34-7-9-43-27)35-29(42)38-12-15-2-1-3-16(13-38)25(15)41/h4-10,15-16,18,24-25,28,41H,1-3,11-14H2,(H,35,42)/t15-,16+,18-,24-,25?/m0/s1. The number of nitrogens with zero attached hydrogens (tertiary/aromatic N) is 6. The number of aliphatic hydroxyl groups is 1. The Hall–Kier alpha value is -3.42. The van der Waals surface area contributed by atoms with E-state index in [4.69, 9.17) is 16.6 Å². The van der Waals surface area contributed by atoms with Gasteiger partial charge in [0.2, 0.25) is 0 Å². The minimum absolute atomic E-state index is 0.0808. The summed E-state index contributed by atoms with van der Waals surface area (Å²) in [5, 5.41) is 20.6. The van der Waals surface area contributed by atoms with Gasteiger partial charge >= 0.3 is 12.6 Å². The van der Waals surface area contributed by atoms with Crippen LogP contribution in [-0.4, -0.2) is 73.3 Å². The van der Waals surface area contributed by atoms with Gasteiger partial charge < -0.3 is 20.2 Å². The Kier molecular flexibility index (Phi) is 7.42. The third-order valence-corrected chi connectivity index (χ3v) is 9.96. The second-order valence-corrected chi connectivity index (χ2v) is 12.8. The van der Waals surface area contributed by atoms with Crippen molar-refractivity contribution in [1.29, 1.82) is 0 Å². The van der Waals surface area contributed by atoms with Crippen molar-refractivity contribution in [2.24, 2.45) is 16.8 Å². The number of fused-ring (bicyclic) bond motifs is 3. The van der Waals surface area contributed by atoms with E-state index < -0.39 is 18.4 Å². The summed E-state index contributed by atoms with van der Waals surface area (Å²) in [7, 11) is 0. The van der Waals surface area contributed by atoms with Crippen molar-refractivity contribution < 1.29 is 23.1 Å². The molecular formula is C29H29ClF3N7O2S. The monoisotopic (exact) mass is 631 g/mol. The second-order valence-electron chi connectivity index (χ2n) is 11.5. The fraction of sp³-hybridized carbons (Fsp3) is 0.448. The van der Waals surface area contributed by atoms with Crippen molar-refractivity contribution in [2.45, 2.75) is 50.4 Å². The average Bonchev–Trinajstić information content (AvgIpc) is 3.73. The zero-order valence-electron chi connectivity index (χ0n) is 22.9. The molecule has 226 valence electrons. The molecule has 4 aliphatic rings. The van der Waals surface area contributed by atoms with Crippen molar-refractivity contribution in [2.75, 3.05) is 19.6 Å². The first-order chi connectivity index (χ1) is 20.8. The normalized spacial score (nSPS) is 27.0. The molecule has 1 aliphatic carbocycles. The lowest BCUT2D eigenvalue weighted by Crippen LogP contribution is -2.56. The molecule has 2 bridgehead atoms. The molecule has 14 heteroatoms. The number of alkyl halides is 2. The van der Waals surface area contributed by atoms with E-state index in [1.807, 2.05) is 10.3 Å². The summed E-state index contributed by atoms with van der Waals surface area (Å²) < 4.78 is 41.8. The molecule has 2 aromatic heterocycles. The van der Waals surface area contributed by atoms with Crippen LogP contribution in [0.4, 0.5) is 18.0 Å². The van der Waals surface area contributed by atoms with Gasteiger partial charge in [-0.05, 0) is 31.0 Å². The van der Waals surface area contributed by atoms with E-state index in [1.54, 1.807) is 17.2 Å². The molecular weight excluding hydrogens is 603 g/mol. The van der Waals surface area contributed by atoms with Crippen LogP contribution in [0, 0.1) is 17.7 Å². The van der Waals surface area contributed by atoms with E-state index in [1.165, 1.54) is 35.7 Å². The van der Waals surface area contributed by atoms with Crippen LogP contribution >= 0.6 is 22.9 Å². The first-order valence-corrected chi connectivity index (χ1v) is 15.5. The highest BCUT2D eigenvalue weighted by Gasteiger charge is 2.43. The number of aromatic nitrogens is 3. The number of aliphatic hydroxyl groups excluding tert-OH is 1. The third kappa shape index (κ3) is 5.21. The summed E-state index contributed by atoms with van der Waals surface area (Å²) >= 11 is 7.93. The number of rotatable bonds is 5. The Bertz CT molecular complexity index is 1580. The van der Waals surface area contributed by atoms with Crippen LogP contribution in [-0.2, 0) is 0 Å². The highest BCUT2D eigenvalue weighted by molar-refractivity contribution is 7.11. The molecule has 0 spiro atoms. The minimum Gasteiger partial charge on any atom is -0.392 e. The fourth-order valence-electron chi connectivity index (χ4n) is 6.89. The molecule has 9 nitrogen and oxygen atoms in total. The third-order valence-electron chi connectivity index (χ3n) is 8.87. The molecule has 3 fully saturated rings. The van der Waals surface area contributed by atoms with Gasteiger partial charge in [-0.3, -0.25) is 4.99 Å². The molecule has 5 atom stereocenters. The lowest BCUT2D eigenvalue weighted by molar-refractivity contribution is -0.0369. The van der Waals surface area contributed by atoms with Gasteiger partial charge in [-0.15, -0.1) is 11.3 Å². The first kappa shape index (κ1) is 28.4. The number of halogens is 4. The molecule has 1 saturated carbocycles. The van der Waals surface area contributed by atoms with E-state index in [2.05, 4.69) is 15.4 Å². The molecule has 3 aliphatic heterocycles. The molecule has 0 radical (unpaired) electrons. The van der Waals surface area contributed by atoms with Crippen LogP contribution < -0.4 is 5.32 Å². The maximum Gasteiger partial charge on any atom is 0.333 e. The van der Waals surface area contributed by atoms with Gasteiger partial charge in [0, 0.05) is 77.5 Å². The van der Waals surface area contributed by atoms with Crippen molar-refractivity contribution >= 4 is 40.4 Å². The number of benzene rings is 1. The van der Waals surface area contributed by atoms with Crippen molar-refractivity contribution in [3.05, 3.63) is 74.8 Å². The maximum absolute atomic E-state index is 14.1. The Morgan fingerprint density at radius 2 is 1.95 bits per heavy atom. The molecule has 1 unspecified atom stereocenters. The van der Waals surface area contributed by atoms with Gasteiger partial charge in [-0.1, -0.05) is 24.1 Å². The van der Waals surface area contributed by atoms with Gasteiger partial charge in [-0.2, -0.15) is 13.9 Å². The minimum atomic E-state index is -2.83. The van der Waals surface area contributed by atoms with Crippen LogP contribution in [0.1, 0.15) is 54.5 Å². The van der Waals surface area contributed by atoms with Crippen LogP contribution in [0.15, 0.2) is 52.7 Å². The molecule has 2 saturated heterocycles. The number of aliphatic imine (C=N–C) groups is 1.